The smallest absolute Gasteiger partial charge is 0.312 e. The van der Waals surface area contributed by atoms with Crippen molar-refractivity contribution >= 4 is 29.2 Å². The van der Waals surface area contributed by atoms with E-state index in [0.29, 0.717) is 25.9 Å². The zero-order valence-corrected chi connectivity index (χ0v) is 16.6. The number of rotatable bonds is 6. The van der Waals surface area contributed by atoms with Crippen LogP contribution in [0.1, 0.15) is 40.5 Å². The Hall–Kier alpha value is -2.94. The lowest BCUT2D eigenvalue weighted by molar-refractivity contribution is -0.122. The third kappa shape index (κ3) is 5.54. The van der Waals surface area contributed by atoms with Crippen LogP contribution in [0.3, 0.4) is 0 Å². The molecule has 2 heterocycles. The molecule has 154 valence electrons. The Morgan fingerprint density at radius 2 is 1.90 bits per heavy atom. The average Bonchev–Trinajstić information content (AvgIpc) is 3.22. The van der Waals surface area contributed by atoms with E-state index in [9.17, 15) is 18.8 Å². The third-order valence-electron chi connectivity index (χ3n) is 4.84. The molecule has 1 aromatic heterocycles. The van der Waals surface area contributed by atoms with E-state index in [-0.39, 0.29) is 29.8 Å². The predicted octanol–water partition coefficient (Wildman–Crippen LogP) is 2.41. The Morgan fingerprint density at radius 3 is 2.52 bits per heavy atom. The number of hydrogen-bond acceptors (Lipinski definition) is 4. The van der Waals surface area contributed by atoms with Crippen LogP contribution in [0, 0.1) is 5.82 Å². The molecule has 0 unspecified atom stereocenters. The second-order valence-electron chi connectivity index (χ2n) is 6.89. The van der Waals surface area contributed by atoms with Gasteiger partial charge in [0, 0.05) is 24.0 Å². The van der Waals surface area contributed by atoms with E-state index in [1.807, 2.05) is 17.5 Å². The number of nitrogens with one attached hydrogen (secondary N) is 2. The first-order valence-corrected chi connectivity index (χ1v) is 10.2. The maximum Gasteiger partial charge on any atom is 0.312 e. The Kier molecular flexibility index (Phi) is 6.82. The Labute approximate surface area is 172 Å². The molecule has 0 aliphatic carbocycles. The van der Waals surface area contributed by atoms with Gasteiger partial charge < -0.3 is 21.3 Å². The fourth-order valence-electron chi connectivity index (χ4n) is 3.39. The fraction of sp³-hybridized carbons (Fsp3) is 0.350. The monoisotopic (exact) mass is 418 g/mol. The second-order valence-corrected chi connectivity index (χ2v) is 7.87. The highest BCUT2D eigenvalue weighted by Gasteiger charge is 2.27. The molecular weight excluding hydrogens is 395 g/mol. The highest BCUT2D eigenvalue weighted by molar-refractivity contribution is 7.10. The third-order valence-corrected chi connectivity index (χ3v) is 5.83. The molecule has 1 fully saturated rings. The maximum absolute atomic E-state index is 13.8. The molecule has 7 nitrogen and oxygen atoms in total. The normalized spacial score (nSPS) is 15.6. The Bertz CT molecular complexity index is 866. The van der Waals surface area contributed by atoms with E-state index in [1.165, 1.54) is 23.5 Å². The van der Waals surface area contributed by atoms with Gasteiger partial charge in [-0.25, -0.2) is 9.18 Å². The first kappa shape index (κ1) is 20.8. The van der Waals surface area contributed by atoms with Gasteiger partial charge in [-0.1, -0.05) is 18.2 Å². The highest BCUT2D eigenvalue weighted by Crippen LogP contribution is 2.22. The van der Waals surface area contributed by atoms with Gasteiger partial charge >= 0.3 is 6.03 Å². The van der Waals surface area contributed by atoms with Crippen LogP contribution in [-0.4, -0.2) is 41.9 Å². The second kappa shape index (κ2) is 9.51. The lowest BCUT2D eigenvalue weighted by Gasteiger charge is -2.32. The number of primary amides is 1. The van der Waals surface area contributed by atoms with Gasteiger partial charge in [0.15, 0.2) is 0 Å². The summed E-state index contributed by atoms with van der Waals surface area (Å²) in [6, 6.07) is 8.36. The molecule has 1 atom stereocenters. The van der Waals surface area contributed by atoms with Crippen molar-refractivity contribution in [2.75, 3.05) is 13.1 Å². The zero-order valence-electron chi connectivity index (χ0n) is 15.8. The number of hydrogen-bond donors (Lipinski definition) is 3. The van der Waals surface area contributed by atoms with Crippen molar-refractivity contribution in [2.45, 2.75) is 31.3 Å². The molecule has 1 saturated heterocycles. The summed E-state index contributed by atoms with van der Waals surface area (Å²) in [7, 11) is 0. The van der Waals surface area contributed by atoms with Crippen LogP contribution in [0.25, 0.3) is 0 Å². The first-order valence-electron chi connectivity index (χ1n) is 9.36. The van der Waals surface area contributed by atoms with Crippen LogP contribution >= 0.6 is 11.3 Å². The molecule has 3 rings (SSSR count). The Morgan fingerprint density at radius 1 is 1.17 bits per heavy atom. The number of carbonyl (C=O) groups is 3. The molecule has 0 radical (unpaired) electrons. The molecule has 29 heavy (non-hydrogen) atoms. The van der Waals surface area contributed by atoms with Gasteiger partial charge in [-0.15, -0.1) is 11.3 Å². The number of benzene rings is 1. The minimum atomic E-state index is -0.684. The van der Waals surface area contributed by atoms with Crippen molar-refractivity contribution in [3.05, 3.63) is 58.0 Å². The maximum atomic E-state index is 13.8. The SMILES string of the molecule is NC(=O)N[C@@H](CC(=O)NC1CCN(C(=O)c2ccccc2F)CC1)c1cccs1. The molecule has 2 aromatic rings. The van der Waals surface area contributed by atoms with Gasteiger partial charge in [0.05, 0.1) is 18.0 Å². The number of thiophene rings is 1. The van der Waals surface area contributed by atoms with Gasteiger partial charge in [-0.2, -0.15) is 0 Å². The van der Waals surface area contributed by atoms with E-state index in [2.05, 4.69) is 10.6 Å². The van der Waals surface area contributed by atoms with Crippen LogP contribution in [0.15, 0.2) is 41.8 Å². The van der Waals surface area contributed by atoms with Crippen molar-refractivity contribution in [3.63, 3.8) is 0 Å². The number of amides is 4. The van der Waals surface area contributed by atoms with Gasteiger partial charge in [0.25, 0.3) is 5.91 Å². The van der Waals surface area contributed by atoms with Crippen LogP contribution in [0.2, 0.25) is 0 Å². The van der Waals surface area contributed by atoms with Crippen molar-refractivity contribution in [2.24, 2.45) is 5.73 Å². The van der Waals surface area contributed by atoms with Gasteiger partial charge in [-0.05, 0) is 36.4 Å². The van der Waals surface area contributed by atoms with Gasteiger partial charge in [-0.3, -0.25) is 9.59 Å². The summed E-state index contributed by atoms with van der Waals surface area (Å²) in [6.45, 7) is 0.873. The number of halogens is 1. The minimum Gasteiger partial charge on any atom is -0.353 e. The molecule has 0 spiro atoms. The molecule has 0 saturated carbocycles. The van der Waals surface area contributed by atoms with E-state index in [4.69, 9.17) is 5.73 Å². The number of nitrogens with zero attached hydrogens (tertiary/aromatic N) is 1. The molecule has 9 heteroatoms. The van der Waals surface area contributed by atoms with Crippen LogP contribution in [0.5, 0.6) is 0 Å². The van der Waals surface area contributed by atoms with Crippen molar-refractivity contribution in [3.8, 4) is 0 Å². The largest absolute Gasteiger partial charge is 0.353 e. The molecule has 1 aromatic carbocycles. The summed E-state index contributed by atoms with van der Waals surface area (Å²) in [5, 5.41) is 7.42. The summed E-state index contributed by atoms with van der Waals surface area (Å²) >= 11 is 1.44. The fourth-order valence-corrected chi connectivity index (χ4v) is 4.17. The summed E-state index contributed by atoms with van der Waals surface area (Å²) in [5.41, 5.74) is 5.28. The number of carbonyl (C=O) groups excluding carboxylic acids is 3. The van der Waals surface area contributed by atoms with Crippen molar-refractivity contribution in [1.29, 1.82) is 0 Å². The number of urea groups is 1. The number of piperidine rings is 1. The first-order chi connectivity index (χ1) is 13.9. The van der Waals surface area contributed by atoms with Crippen LogP contribution in [0.4, 0.5) is 9.18 Å². The molecule has 0 bridgehead atoms. The van der Waals surface area contributed by atoms with E-state index >= 15 is 0 Å². The van der Waals surface area contributed by atoms with Gasteiger partial charge in [0.1, 0.15) is 5.82 Å². The minimum absolute atomic E-state index is 0.0614. The molecule has 4 amide bonds. The highest BCUT2D eigenvalue weighted by atomic mass is 32.1. The lowest BCUT2D eigenvalue weighted by atomic mass is 10.0. The topological polar surface area (TPSA) is 105 Å². The zero-order chi connectivity index (χ0) is 20.8. The average molecular weight is 418 g/mol. The molecule has 1 aliphatic heterocycles. The molecule has 1 aliphatic rings. The Balaban J connectivity index is 1.51. The lowest BCUT2D eigenvalue weighted by Crippen LogP contribution is -2.47. The summed E-state index contributed by atoms with van der Waals surface area (Å²) < 4.78 is 13.8. The van der Waals surface area contributed by atoms with Crippen molar-refractivity contribution < 1.29 is 18.8 Å². The summed E-state index contributed by atoms with van der Waals surface area (Å²) in [6.07, 6.45) is 1.25. The molecule has 4 N–H and O–H groups in total. The summed E-state index contributed by atoms with van der Waals surface area (Å²) in [4.78, 5) is 38.6. The van der Waals surface area contributed by atoms with E-state index < -0.39 is 17.9 Å². The van der Waals surface area contributed by atoms with Crippen LogP contribution < -0.4 is 16.4 Å². The van der Waals surface area contributed by atoms with E-state index in [0.717, 1.165) is 4.88 Å². The quantitative estimate of drug-likeness (QED) is 0.671. The summed E-state index contributed by atoms with van der Waals surface area (Å²) in [5.74, 6) is -1.07. The van der Waals surface area contributed by atoms with Crippen LogP contribution in [-0.2, 0) is 4.79 Å². The number of likely N-dealkylation sites (tertiary alicyclic amines) is 1. The van der Waals surface area contributed by atoms with Crippen molar-refractivity contribution in [1.82, 2.24) is 15.5 Å². The van der Waals surface area contributed by atoms with Gasteiger partial charge in [0.2, 0.25) is 5.91 Å². The predicted molar refractivity (Wildman–Crippen MR) is 108 cm³/mol. The van der Waals surface area contributed by atoms with E-state index in [1.54, 1.807) is 17.0 Å². The number of nitrogens with two attached hydrogens (primary N) is 1. The molecular formula is C20H23FN4O3S. The standard InChI is InChI=1S/C20H23FN4O3S/c21-15-5-2-1-4-14(15)19(27)25-9-7-13(8-10-25)23-18(26)12-16(24-20(22)28)17-6-3-11-29-17/h1-6,11,13,16H,7-10,12H2,(H,23,26)(H3,22,24,28)/t16-/m0/s1.